The number of rotatable bonds is 4. The number of hydrogen-bond acceptors (Lipinski definition) is 3. The largest absolute Gasteiger partial charge is 0.497 e. The number of methoxy groups -OCH3 is 1. The Labute approximate surface area is 157 Å². The van der Waals surface area contributed by atoms with E-state index in [4.69, 9.17) is 4.74 Å². The average Bonchev–Trinajstić information content (AvgIpc) is 3.07. The molecular formula is C21H23N3O3. The molecule has 2 aromatic carbocycles. The predicted octanol–water partition coefficient (Wildman–Crippen LogP) is 2.96. The van der Waals surface area contributed by atoms with Crippen LogP contribution in [-0.2, 0) is 6.42 Å². The van der Waals surface area contributed by atoms with Crippen LogP contribution in [0.5, 0.6) is 5.75 Å². The van der Waals surface area contributed by atoms with Gasteiger partial charge in [-0.25, -0.2) is 4.79 Å². The molecule has 0 saturated carbocycles. The predicted molar refractivity (Wildman–Crippen MR) is 104 cm³/mol. The van der Waals surface area contributed by atoms with E-state index in [1.165, 1.54) is 5.56 Å². The molecule has 0 aliphatic carbocycles. The van der Waals surface area contributed by atoms with Crippen molar-refractivity contribution in [3.63, 3.8) is 0 Å². The van der Waals surface area contributed by atoms with Crippen LogP contribution in [0, 0.1) is 5.92 Å². The SMILES string of the molecule is COc1cccc(CC2CCN(C(=O)c3ccc4[nH]c(=O)[nH]c4c3)CC2)c1. The van der Waals surface area contributed by atoms with Gasteiger partial charge < -0.3 is 19.6 Å². The van der Waals surface area contributed by atoms with Gasteiger partial charge in [0.2, 0.25) is 0 Å². The minimum absolute atomic E-state index is 0.0266. The zero-order chi connectivity index (χ0) is 18.8. The highest BCUT2D eigenvalue weighted by atomic mass is 16.5. The Balaban J connectivity index is 1.39. The molecule has 2 heterocycles. The summed E-state index contributed by atoms with van der Waals surface area (Å²) in [5, 5.41) is 0. The summed E-state index contributed by atoms with van der Waals surface area (Å²) in [7, 11) is 1.68. The number of piperidine rings is 1. The van der Waals surface area contributed by atoms with Gasteiger partial charge in [0.15, 0.2) is 0 Å². The van der Waals surface area contributed by atoms with Crippen molar-refractivity contribution >= 4 is 16.9 Å². The number of benzene rings is 2. The molecule has 27 heavy (non-hydrogen) atoms. The van der Waals surface area contributed by atoms with Gasteiger partial charge in [0.05, 0.1) is 18.1 Å². The van der Waals surface area contributed by atoms with E-state index in [1.807, 2.05) is 17.0 Å². The van der Waals surface area contributed by atoms with E-state index in [9.17, 15) is 9.59 Å². The Morgan fingerprint density at radius 1 is 1.11 bits per heavy atom. The van der Waals surface area contributed by atoms with Crippen molar-refractivity contribution in [1.29, 1.82) is 0 Å². The molecule has 0 bridgehead atoms. The van der Waals surface area contributed by atoms with Gasteiger partial charge in [0.25, 0.3) is 5.91 Å². The molecule has 140 valence electrons. The van der Waals surface area contributed by atoms with Crippen LogP contribution in [0.25, 0.3) is 11.0 Å². The van der Waals surface area contributed by atoms with Crippen molar-refractivity contribution in [3.8, 4) is 5.75 Å². The number of fused-ring (bicyclic) bond motifs is 1. The van der Waals surface area contributed by atoms with E-state index in [0.717, 1.165) is 38.1 Å². The number of nitrogens with one attached hydrogen (secondary N) is 2. The van der Waals surface area contributed by atoms with Crippen LogP contribution in [0.3, 0.4) is 0 Å². The van der Waals surface area contributed by atoms with Gasteiger partial charge in [-0.3, -0.25) is 4.79 Å². The second-order valence-electron chi connectivity index (χ2n) is 7.13. The van der Waals surface area contributed by atoms with Crippen LogP contribution in [0.2, 0.25) is 0 Å². The first-order chi connectivity index (χ1) is 13.1. The fourth-order valence-electron chi connectivity index (χ4n) is 3.82. The van der Waals surface area contributed by atoms with Gasteiger partial charge in [-0.05, 0) is 61.1 Å². The zero-order valence-corrected chi connectivity index (χ0v) is 15.3. The highest BCUT2D eigenvalue weighted by molar-refractivity contribution is 5.97. The van der Waals surface area contributed by atoms with Crippen LogP contribution in [0.4, 0.5) is 0 Å². The van der Waals surface area contributed by atoms with Crippen LogP contribution >= 0.6 is 0 Å². The van der Waals surface area contributed by atoms with Crippen LogP contribution < -0.4 is 10.4 Å². The molecular weight excluding hydrogens is 342 g/mol. The molecule has 4 rings (SSSR count). The summed E-state index contributed by atoms with van der Waals surface area (Å²) in [6.07, 6.45) is 2.99. The van der Waals surface area contributed by atoms with Gasteiger partial charge in [0, 0.05) is 18.7 Å². The number of hydrogen-bond donors (Lipinski definition) is 2. The van der Waals surface area contributed by atoms with E-state index >= 15 is 0 Å². The summed E-state index contributed by atoms with van der Waals surface area (Å²) in [6, 6.07) is 13.5. The van der Waals surface area contributed by atoms with Crippen molar-refractivity contribution in [2.45, 2.75) is 19.3 Å². The van der Waals surface area contributed by atoms with Crippen molar-refractivity contribution in [1.82, 2.24) is 14.9 Å². The Morgan fingerprint density at radius 3 is 2.67 bits per heavy atom. The van der Waals surface area contributed by atoms with E-state index in [0.29, 0.717) is 22.5 Å². The lowest BCUT2D eigenvalue weighted by Crippen LogP contribution is -2.38. The second kappa shape index (κ2) is 7.31. The highest BCUT2D eigenvalue weighted by Crippen LogP contribution is 2.25. The molecule has 1 aromatic heterocycles. The molecule has 0 radical (unpaired) electrons. The van der Waals surface area contributed by atoms with Gasteiger partial charge in [-0.2, -0.15) is 0 Å². The molecule has 1 saturated heterocycles. The molecule has 6 heteroatoms. The molecule has 1 fully saturated rings. The average molecular weight is 365 g/mol. The zero-order valence-electron chi connectivity index (χ0n) is 15.3. The summed E-state index contributed by atoms with van der Waals surface area (Å²) in [4.78, 5) is 31.5. The Morgan fingerprint density at radius 2 is 1.89 bits per heavy atom. The minimum Gasteiger partial charge on any atom is -0.497 e. The van der Waals surface area contributed by atoms with Crippen molar-refractivity contribution in [3.05, 3.63) is 64.1 Å². The van der Waals surface area contributed by atoms with Crippen molar-refractivity contribution in [2.24, 2.45) is 5.92 Å². The van der Waals surface area contributed by atoms with E-state index < -0.39 is 0 Å². The first-order valence-electron chi connectivity index (χ1n) is 9.26. The lowest BCUT2D eigenvalue weighted by molar-refractivity contribution is 0.0690. The molecule has 6 nitrogen and oxygen atoms in total. The fourth-order valence-corrected chi connectivity index (χ4v) is 3.82. The summed E-state index contributed by atoms with van der Waals surface area (Å²) in [5.41, 5.74) is 3.02. The Hall–Kier alpha value is -3.02. The molecule has 1 aliphatic rings. The van der Waals surface area contributed by atoms with Crippen LogP contribution in [0.15, 0.2) is 47.3 Å². The number of likely N-dealkylation sites (tertiary alicyclic amines) is 1. The molecule has 0 atom stereocenters. The van der Waals surface area contributed by atoms with E-state index in [1.54, 1.807) is 25.3 Å². The number of imidazole rings is 1. The first kappa shape index (κ1) is 17.4. The quantitative estimate of drug-likeness (QED) is 0.746. The van der Waals surface area contributed by atoms with E-state index in [2.05, 4.69) is 22.1 Å². The number of carbonyl (C=O) groups excluding carboxylic acids is 1. The number of aromatic nitrogens is 2. The second-order valence-corrected chi connectivity index (χ2v) is 7.13. The third kappa shape index (κ3) is 3.74. The molecule has 1 aliphatic heterocycles. The highest BCUT2D eigenvalue weighted by Gasteiger charge is 2.24. The number of amides is 1. The summed E-state index contributed by atoms with van der Waals surface area (Å²) >= 11 is 0. The lowest BCUT2D eigenvalue weighted by atomic mass is 9.90. The number of H-pyrrole nitrogens is 2. The monoisotopic (exact) mass is 365 g/mol. The maximum Gasteiger partial charge on any atom is 0.323 e. The summed E-state index contributed by atoms with van der Waals surface area (Å²) in [6.45, 7) is 1.52. The summed E-state index contributed by atoms with van der Waals surface area (Å²) in [5.74, 6) is 1.49. The number of aromatic amines is 2. The topological polar surface area (TPSA) is 78.2 Å². The number of ether oxygens (including phenoxy) is 1. The molecule has 2 N–H and O–H groups in total. The standard InChI is InChI=1S/C21H23N3O3/c1-27-17-4-2-3-15(12-17)11-14-7-9-24(10-8-14)20(25)16-5-6-18-19(13-16)23-21(26)22-18/h2-6,12-14H,7-11H2,1H3,(H2,22,23,26). The Kier molecular flexibility index (Phi) is 4.71. The molecule has 3 aromatic rings. The maximum atomic E-state index is 12.8. The maximum absolute atomic E-state index is 12.8. The minimum atomic E-state index is -0.257. The van der Waals surface area contributed by atoms with Crippen LogP contribution in [-0.4, -0.2) is 41.0 Å². The van der Waals surface area contributed by atoms with Crippen molar-refractivity contribution in [2.75, 3.05) is 20.2 Å². The van der Waals surface area contributed by atoms with Gasteiger partial charge in [-0.1, -0.05) is 12.1 Å². The molecule has 1 amide bonds. The molecule has 0 unspecified atom stereocenters. The van der Waals surface area contributed by atoms with E-state index in [-0.39, 0.29) is 11.6 Å². The number of nitrogens with zero attached hydrogens (tertiary/aromatic N) is 1. The third-order valence-electron chi connectivity index (χ3n) is 5.32. The van der Waals surface area contributed by atoms with Crippen LogP contribution in [0.1, 0.15) is 28.8 Å². The number of carbonyl (C=O) groups is 1. The van der Waals surface area contributed by atoms with Gasteiger partial charge in [-0.15, -0.1) is 0 Å². The normalized spacial score (nSPS) is 15.2. The van der Waals surface area contributed by atoms with Crippen molar-refractivity contribution < 1.29 is 9.53 Å². The lowest BCUT2D eigenvalue weighted by Gasteiger charge is -2.32. The molecule has 0 spiro atoms. The van der Waals surface area contributed by atoms with Gasteiger partial charge in [0.1, 0.15) is 5.75 Å². The smallest absolute Gasteiger partial charge is 0.323 e. The first-order valence-corrected chi connectivity index (χ1v) is 9.26. The Bertz CT molecular complexity index is 1010. The fraction of sp³-hybridized carbons (Fsp3) is 0.333. The third-order valence-corrected chi connectivity index (χ3v) is 5.32. The summed E-state index contributed by atoms with van der Waals surface area (Å²) < 4.78 is 5.30. The van der Waals surface area contributed by atoms with Gasteiger partial charge >= 0.3 is 5.69 Å².